The summed E-state index contributed by atoms with van der Waals surface area (Å²) in [4.78, 5) is 16.6. The van der Waals surface area contributed by atoms with E-state index in [0.717, 1.165) is 10.2 Å². The van der Waals surface area contributed by atoms with Crippen LogP contribution in [0.1, 0.15) is 16.3 Å². The van der Waals surface area contributed by atoms with E-state index >= 15 is 0 Å². The Morgan fingerprint density at radius 1 is 1.22 bits per heavy atom. The summed E-state index contributed by atoms with van der Waals surface area (Å²) in [7, 11) is 0. The van der Waals surface area contributed by atoms with Crippen molar-refractivity contribution in [1.82, 2.24) is 14.8 Å². The van der Waals surface area contributed by atoms with Crippen LogP contribution in [-0.2, 0) is 6.54 Å². The minimum absolute atomic E-state index is 0.256. The standard InChI is InChI=1S/C16H12N4O2S/c21-15(19-16-18-12-4-1-2-5-14(12)23-16)13-7-6-11(22-13)10-20-9-3-8-17-20/h1-9H,10H2,(H,18,19,21). The molecule has 114 valence electrons. The maximum absolute atomic E-state index is 12.2. The van der Waals surface area contributed by atoms with Crippen LogP contribution in [0.3, 0.4) is 0 Å². The number of nitrogens with zero attached hydrogens (tertiary/aromatic N) is 3. The molecule has 0 aliphatic rings. The molecule has 3 aromatic heterocycles. The Hall–Kier alpha value is -2.93. The number of carbonyl (C=O) groups excluding carboxylic acids is 1. The molecule has 0 radical (unpaired) electrons. The second-order valence-electron chi connectivity index (χ2n) is 4.91. The van der Waals surface area contributed by atoms with Crippen LogP contribution in [0.15, 0.2) is 59.3 Å². The highest BCUT2D eigenvalue weighted by Gasteiger charge is 2.14. The third kappa shape index (κ3) is 2.86. The SMILES string of the molecule is O=C(Nc1nc2ccccc2s1)c1ccc(Cn2cccn2)o1. The number of hydrogen-bond donors (Lipinski definition) is 1. The lowest BCUT2D eigenvalue weighted by molar-refractivity contribution is 0.0994. The van der Waals surface area contributed by atoms with Crippen LogP contribution in [0.2, 0.25) is 0 Å². The maximum atomic E-state index is 12.2. The highest BCUT2D eigenvalue weighted by Crippen LogP contribution is 2.25. The molecule has 0 spiro atoms. The summed E-state index contributed by atoms with van der Waals surface area (Å²) < 4.78 is 8.33. The first kappa shape index (κ1) is 13.7. The lowest BCUT2D eigenvalue weighted by Gasteiger charge is -1.99. The molecule has 1 amide bonds. The molecule has 0 unspecified atom stereocenters. The predicted octanol–water partition coefficient (Wildman–Crippen LogP) is 3.39. The van der Waals surface area contributed by atoms with E-state index in [1.165, 1.54) is 11.3 Å². The molecular weight excluding hydrogens is 312 g/mol. The molecule has 0 saturated heterocycles. The van der Waals surface area contributed by atoms with Crippen LogP contribution in [0.25, 0.3) is 10.2 Å². The van der Waals surface area contributed by atoms with Crippen molar-refractivity contribution >= 4 is 32.6 Å². The molecule has 0 bridgehead atoms. The smallest absolute Gasteiger partial charge is 0.293 e. The Bertz CT molecular complexity index is 922. The Labute approximate surface area is 135 Å². The maximum Gasteiger partial charge on any atom is 0.293 e. The zero-order valence-electron chi connectivity index (χ0n) is 12.0. The average Bonchev–Trinajstić information content (AvgIpc) is 3.27. The third-order valence-corrected chi connectivity index (χ3v) is 4.23. The van der Waals surface area contributed by atoms with Gasteiger partial charge in [-0.1, -0.05) is 23.5 Å². The second kappa shape index (κ2) is 5.69. The van der Waals surface area contributed by atoms with E-state index in [1.54, 1.807) is 23.0 Å². The number of nitrogens with one attached hydrogen (secondary N) is 1. The molecule has 0 saturated carbocycles. The first-order valence-corrected chi connectivity index (χ1v) is 7.83. The molecule has 3 heterocycles. The summed E-state index contributed by atoms with van der Waals surface area (Å²) in [5.74, 6) is 0.616. The van der Waals surface area contributed by atoms with Crippen molar-refractivity contribution in [3.63, 3.8) is 0 Å². The quantitative estimate of drug-likeness (QED) is 0.624. The molecule has 6 nitrogen and oxygen atoms in total. The Morgan fingerprint density at radius 2 is 2.13 bits per heavy atom. The summed E-state index contributed by atoms with van der Waals surface area (Å²) in [5.41, 5.74) is 0.867. The van der Waals surface area contributed by atoms with E-state index in [2.05, 4.69) is 15.4 Å². The first-order valence-electron chi connectivity index (χ1n) is 7.01. The number of aromatic nitrogens is 3. The van der Waals surface area contributed by atoms with Crippen LogP contribution >= 0.6 is 11.3 Å². The highest BCUT2D eigenvalue weighted by atomic mass is 32.1. The van der Waals surface area contributed by atoms with Crippen LogP contribution in [0.4, 0.5) is 5.13 Å². The molecule has 4 aromatic rings. The van der Waals surface area contributed by atoms with Crippen molar-refractivity contribution in [1.29, 1.82) is 0 Å². The number of anilines is 1. The van der Waals surface area contributed by atoms with Gasteiger partial charge in [0.05, 0.1) is 16.8 Å². The van der Waals surface area contributed by atoms with Crippen molar-refractivity contribution < 1.29 is 9.21 Å². The molecule has 7 heteroatoms. The number of carbonyl (C=O) groups is 1. The van der Waals surface area contributed by atoms with Gasteiger partial charge in [0.15, 0.2) is 10.9 Å². The van der Waals surface area contributed by atoms with Crippen LogP contribution < -0.4 is 5.32 Å². The summed E-state index contributed by atoms with van der Waals surface area (Å²) in [6, 6.07) is 13.0. The Balaban J connectivity index is 1.49. The van der Waals surface area contributed by atoms with Crippen LogP contribution in [0, 0.1) is 0 Å². The number of amides is 1. The summed E-state index contributed by atoms with van der Waals surface area (Å²) in [6.07, 6.45) is 3.53. The minimum atomic E-state index is -0.309. The van der Waals surface area contributed by atoms with E-state index in [-0.39, 0.29) is 11.7 Å². The van der Waals surface area contributed by atoms with Gasteiger partial charge >= 0.3 is 0 Å². The van der Waals surface area contributed by atoms with Crippen molar-refractivity contribution in [2.45, 2.75) is 6.54 Å². The van der Waals surface area contributed by atoms with Crippen LogP contribution in [-0.4, -0.2) is 20.7 Å². The average molecular weight is 324 g/mol. The molecule has 0 fully saturated rings. The molecule has 1 aromatic carbocycles. The summed E-state index contributed by atoms with van der Waals surface area (Å²) in [5, 5.41) is 7.43. The van der Waals surface area contributed by atoms with E-state index in [0.29, 0.717) is 17.4 Å². The number of furan rings is 1. The van der Waals surface area contributed by atoms with Gasteiger partial charge in [-0.25, -0.2) is 4.98 Å². The topological polar surface area (TPSA) is 73.0 Å². The summed E-state index contributed by atoms with van der Waals surface area (Å²) in [6.45, 7) is 0.488. The fourth-order valence-electron chi connectivity index (χ4n) is 2.22. The van der Waals surface area contributed by atoms with Crippen LogP contribution in [0.5, 0.6) is 0 Å². The van der Waals surface area contributed by atoms with Gasteiger partial charge in [-0.2, -0.15) is 5.10 Å². The van der Waals surface area contributed by atoms with Gasteiger partial charge in [-0.15, -0.1) is 0 Å². The lowest BCUT2D eigenvalue weighted by atomic mass is 10.3. The fraction of sp³-hybridized carbons (Fsp3) is 0.0625. The van der Waals surface area contributed by atoms with Gasteiger partial charge in [0.1, 0.15) is 5.76 Å². The van der Waals surface area contributed by atoms with E-state index in [9.17, 15) is 4.79 Å². The number of fused-ring (bicyclic) bond motifs is 1. The Morgan fingerprint density at radius 3 is 2.96 bits per heavy atom. The molecule has 0 aliphatic heterocycles. The second-order valence-corrected chi connectivity index (χ2v) is 5.94. The number of thiazole rings is 1. The molecule has 23 heavy (non-hydrogen) atoms. The normalized spacial score (nSPS) is 11.0. The predicted molar refractivity (Wildman–Crippen MR) is 87.6 cm³/mol. The molecule has 0 atom stereocenters. The number of benzene rings is 1. The van der Waals surface area contributed by atoms with E-state index in [4.69, 9.17) is 4.42 Å². The molecule has 0 aliphatic carbocycles. The Kier molecular flexibility index (Phi) is 3.39. The largest absolute Gasteiger partial charge is 0.454 e. The molecule has 1 N–H and O–H groups in total. The van der Waals surface area contributed by atoms with Crippen molar-refractivity contribution in [2.24, 2.45) is 0 Å². The number of para-hydroxylation sites is 1. The van der Waals surface area contributed by atoms with E-state index in [1.807, 2.05) is 36.5 Å². The molecular formula is C16H12N4O2S. The molecule has 4 rings (SSSR count). The lowest BCUT2D eigenvalue weighted by Crippen LogP contribution is -2.10. The van der Waals surface area contributed by atoms with Gasteiger partial charge in [0, 0.05) is 12.4 Å². The number of hydrogen-bond acceptors (Lipinski definition) is 5. The number of rotatable bonds is 4. The van der Waals surface area contributed by atoms with Gasteiger partial charge in [-0.3, -0.25) is 14.8 Å². The van der Waals surface area contributed by atoms with E-state index < -0.39 is 0 Å². The zero-order valence-corrected chi connectivity index (χ0v) is 12.8. The van der Waals surface area contributed by atoms with Gasteiger partial charge < -0.3 is 4.42 Å². The third-order valence-electron chi connectivity index (χ3n) is 3.28. The van der Waals surface area contributed by atoms with Crippen molar-refractivity contribution in [2.75, 3.05) is 5.32 Å². The van der Waals surface area contributed by atoms with Gasteiger partial charge in [-0.05, 0) is 30.3 Å². The monoisotopic (exact) mass is 324 g/mol. The zero-order chi connectivity index (χ0) is 15.6. The minimum Gasteiger partial charge on any atom is -0.454 e. The first-order chi connectivity index (χ1) is 11.3. The fourth-order valence-corrected chi connectivity index (χ4v) is 3.08. The van der Waals surface area contributed by atoms with Gasteiger partial charge in [0.2, 0.25) is 0 Å². The highest BCUT2D eigenvalue weighted by molar-refractivity contribution is 7.22. The van der Waals surface area contributed by atoms with Crippen molar-refractivity contribution in [3.05, 3.63) is 66.4 Å². The summed E-state index contributed by atoms with van der Waals surface area (Å²) >= 11 is 1.43. The van der Waals surface area contributed by atoms with Crippen molar-refractivity contribution in [3.8, 4) is 0 Å². The van der Waals surface area contributed by atoms with Gasteiger partial charge in [0.25, 0.3) is 5.91 Å².